The van der Waals surface area contributed by atoms with Crippen LogP contribution in [-0.2, 0) is 4.79 Å². The molecular formula is C28H20N2O3. The van der Waals surface area contributed by atoms with Crippen LogP contribution in [0.4, 0.5) is 5.69 Å². The molecule has 0 fully saturated rings. The summed E-state index contributed by atoms with van der Waals surface area (Å²) in [5, 5.41) is 14.3. The zero-order valence-electron chi connectivity index (χ0n) is 17.9. The second-order valence-electron chi connectivity index (χ2n) is 7.48. The Morgan fingerprint density at radius 2 is 1.64 bits per heavy atom. The molecule has 0 aliphatic carbocycles. The summed E-state index contributed by atoms with van der Waals surface area (Å²) >= 11 is 0. The largest absolute Gasteiger partial charge is 0.423 e. The van der Waals surface area contributed by atoms with Crippen LogP contribution in [0.5, 0.6) is 5.75 Å². The molecule has 0 aliphatic rings. The number of hydrogen-bond acceptors (Lipinski definition) is 4. The lowest BCUT2D eigenvalue weighted by Crippen LogP contribution is -2.13. The summed E-state index contributed by atoms with van der Waals surface area (Å²) in [7, 11) is 0. The fourth-order valence-electron chi connectivity index (χ4n) is 3.36. The van der Waals surface area contributed by atoms with Gasteiger partial charge in [0.05, 0.1) is 5.56 Å². The minimum Gasteiger partial charge on any atom is -0.423 e. The molecule has 0 spiro atoms. The Labute approximate surface area is 191 Å². The van der Waals surface area contributed by atoms with Gasteiger partial charge in [0.15, 0.2) is 0 Å². The number of anilines is 1. The molecule has 0 heterocycles. The van der Waals surface area contributed by atoms with Crippen LogP contribution in [0.25, 0.3) is 16.8 Å². The lowest BCUT2D eigenvalue weighted by atomic mass is 10.1. The maximum atomic E-state index is 12.8. The number of amides is 1. The molecular weight excluding hydrogens is 412 g/mol. The second-order valence-corrected chi connectivity index (χ2v) is 7.48. The highest BCUT2D eigenvalue weighted by Crippen LogP contribution is 2.24. The number of nitriles is 1. The van der Waals surface area contributed by atoms with Crippen LogP contribution >= 0.6 is 0 Å². The van der Waals surface area contributed by atoms with Crippen LogP contribution < -0.4 is 10.1 Å². The van der Waals surface area contributed by atoms with Crippen LogP contribution in [-0.4, -0.2) is 11.9 Å². The molecule has 33 heavy (non-hydrogen) atoms. The first-order valence-electron chi connectivity index (χ1n) is 10.3. The molecule has 4 rings (SSSR count). The number of nitrogens with zero attached hydrogens (tertiary/aromatic N) is 1. The lowest BCUT2D eigenvalue weighted by molar-refractivity contribution is -0.112. The normalized spacial score (nSPS) is 11.0. The van der Waals surface area contributed by atoms with Gasteiger partial charge in [0.2, 0.25) is 0 Å². The molecule has 0 bridgehead atoms. The van der Waals surface area contributed by atoms with Crippen LogP contribution in [0, 0.1) is 18.3 Å². The van der Waals surface area contributed by atoms with Gasteiger partial charge in [-0.05, 0) is 54.3 Å². The van der Waals surface area contributed by atoms with E-state index < -0.39 is 11.9 Å². The van der Waals surface area contributed by atoms with Crippen LogP contribution in [0.2, 0.25) is 0 Å². The predicted molar refractivity (Wildman–Crippen MR) is 129 cm³/mol. The Morgan fingerprint density at radius 3 is 2.42 bits per heavy atom. The van der Waals surface area contributed by atoms with Crippen molar-refractivity contribution in [3.63, 3.8) is 0 Å². The van der Waals surface area contributed by atoms with Gasteiger partial charge >= 0.3 is 5.97 Å². The smallest absolute Gasteiger partial charge is 0.343 e. The van der Waals surface area contributed by atoms with Crippen molar-refractivity contribution in [2.24, 2.45) is 0 Å². The quantitative estimate of drug-likeness (QED) is 0.184. The SMILES string of the molecule is Cc1ccc(C(=O)Oc2cccc(/C=C(\C#N)C(=O)Nc3cccc4ccccc34)c2)cc1. The standard InChI is InChI=1S/C28H20N2O3/c1-19-12-14-22(15-13-19)28(32)33-24-9-4-6-20(17-24)16-23(18-29)27(31)30-26-11-5-8-21-7-2-3-10-25(21)26/h2-17H,1H3,(H,30,31)/b23-16+. The van der Waals surface area contributed by atoms with E-state index in [-0.39, 0.29) is 5.57 Å². The number of nitrogens with one attached hydrogen (secondary N) is 1. The predicted octanol–water partition coefficient (Wildman–Crippen LogP) is 5.91. The summed E-state index contributed by atoms with van der Waals surface area (Å²) in [5.74, 6) is -0.678. The molecule has 0 saturated carbocycles. The maximum Gasteiger partial charge on any atom is 0.343 e. The Bertz CT molecular complexity index is 1410. The van der Waals surface area contributed by atoms with Crippen molar-refractivity contribution in [3.8, 4) is 11.8 Å². The summed E-state index contributed by atoms with van der Waals surface area (Å²) in [6.07, 6.45) is 1.46. The van der Waals surface area contributed by atoms with Gasteiger partial charge in [0.25, 0.3) is 5.91 Å². The number of carbonyl (C=O) groups is 2. The fourth-order valence-corrected chi connectivity index (χ4v) is 3.36. The number of fused-ring (bicyclic) bond motifs is 1. The van der Waals surface area contributed by atoms with Crippen molar-refractivity contribution in [1.82, 2.24) is 0 Å². The van der Waals surface area contributed by atoms with E-state index in [0.717, 1.165) is 16.3 Å². The first-order valence-corrected chi connectivity index (χ1v) is 10.3. The molecule has 1 amide bonds. The van der Waals surface area contributed by atoms with Gasteiger partial charge in [-0.3, -0.25) is 4.79 Å². The molecule has 160 valence electrons. The van der Waals surface area contributed by atoms with Gasteiger partial charge in [-0.25, -0.2) is 4.79 Å². The van der Waals surface area contributed by atoms with Crippen LogP contribution in [0.15, 0.2) is 96.6 Å². The van der Waals surface area contributed by atoms with E-state index in [1.165, 1.54) is 6.08 Å². The molecule has 4 aromatic carbocycles. The first kappa shape index (κ1) is 21.5. The third-order valence-corrected chi connectivity index (χ3v) is 5.07. The van der Waals surface area contributed by atoms with Crippen molar-refractivity contribution >= 4 is 34.4 Å². The molecule has 0 unspecified atom stereocenters. The number of rotatable bonds is 5. The molecule has 0 aliphatic heterocycles. The van der Waals surface area contributed by atoms with Crippen molar-refractivity contribution in [2.75, 3.05) is 5.32 Å². The van der Waals surface area contributed by atoms with Crippen molar-refractivity contribution in [1.29, 1.82) is 5.26 Å². The number of ether oxygens (including phenoxy) is 1. The van der Waals surface area contributed by atoms with Crippen molar-refractivity contribution < 1.29 is 14.3 Å². The van der Waals surface area contributed by atoms with Crippen molar-refractivity contribution in [3.05, 3.63) is 113 Å². The minimum atomic E-state index is -0.518. The zero-order valence-corrected chi connectivity index (χ0v) is 17.9. The van der Waals surface area contributed by atoms with Gasteiger partial charge in [-0.2, -0.15) is 5.26 Å². The van der Waals surface area contributed by atoms with E-state index in [1.807, 2.05) is 61.5 Å². The van der Waals surface area contributed by atoms with E-state index in [1.54, 1.807) is 42.5 Å². The molecule has 5 heteroatoms. The highest BCUT2D eigenvalue weighted by atomic mass is 16.5. The van der Waals surface area contributed by atoms with Crippen LogP contribution in [0.3, 0.4) is 0 Å². The average Bonchev–Trinajstić information content (AvgIpc) is 2.83. The fraction of sp³-hybridized carbons (Fsp3) is 0.0357. The number of esters is 1. The average molecular weight is 432 g/mol. The van der Waals surface area contributed by atoms with Crippen LogP contribution in [0.1, 0.15) is 21.5 Å². The molecule has 1 N–H and O–H groups in total. The molecule has 4 aromatic rings. The maximum absolute atomic E-state index is 12.8. The highest BCUT2D eigenvalue weighted by molar-refractivity contribution is 6.12. The molecule has 0 radical (unpaired) electrons. The number of carbonyl (C=O) groups excluding carboxylic acids is 2. The van der Waals surface area contributed by atoms with Gasteiger partial charge in [-0.1, -0.05) is 66.2 Å². The third kappa shape index (κ3) is 5.15. The Morgan fingerprint density at radius 1 is 0.909 bits per heavy atom. The van der Waals surface area contributed by atoms with E-state index in [2.05, 4.69) is 5.32 Å². The highest BCUT2D eigenvalue weighted by Gasteiger charge is 2.12. The zero-order chi connectivity index (χ0) is 23.2. The monoisotopic (exact) mass is 432 g/mol. The summed E-state index contributed by atoms with van der Waals surface area (Å²) in [4.78, 5) is 25.2. The third-order valence-electron chi connectivity index (χ3n) is 5.07. The Hall–Kier alpha value is -4.69. The number of benzene rings is 4. The van der Waals surface area contributed by atoms with E-state index >= 15 is 0 Å². The minimum absolute atomic E-state index is 0.0649. The molecule has 5 nitrogen and oxygen atoms in total. The molecule has 0 atom stereocenters. The van der Waals surface area contributed by atoms with Crippen molar-refractivity contribution in [2.45, 2.75) is 6.92 Å². The molecule has 0 saturated heterocycles. The lowest BCUT2D eigenvalue weighted by Gasteiger charge is -2.08. The summed E-state index contributed by atoms with van der Waals surface area (Å²) in [5.41, 5.74) is 2.61. The Kier molecular flexibility index (Phi) is 6.28. The van der Waals surface area contributed by atoms with Gasteiger partial charge in [0.1, 0.15) is 17.4 Å². The van der Waals surface area contributed by atoms with Gasteiger partial charge in [-0.15, -0.1) is 0 Å². The molecule has 0 aromatic heterocycles. The van der Waals surface area contributed by atoms with E-state index in [0.29, 0.717) is 22.6 Å². The first-order chi connectivity index (χ1) is 16.0. The van der Waals surface area contributed by atoms with E-state index in [4.69, 9.17) is 4.74 Å². The summed E-state index contributed by atoms with van der Waals surface area (Å²) in [6.45, 7) is 1.94. The topological polar surface area (TPSA) is 79.2 Å². The summed E-state index contributed by atoms with van der Waals surface area (Å²) < 4.78 is 5.45. The van der Waals surface area contributed by atoms with E-state index in [9.17, 15) is 14.9 Å². The number of hydrogen-bond donors (Lipinski definition) is 1. The van der Waals surface area contributed by atoms with Gasteiger partial charge in [0, 0.05) is 11.1 Å². The van der Waals surface area contributed by atoms with Gasteiger partial charge < -0.3 is 10.1 Å². The summed E-state index contributed by atoms with van der Waals surface area (Å²) in [6, 6.07) is 29.0. The Balaban J connectivity index is 1.53. The second kappa shape index (κ2) is 9.63. The number of aryl methyl sites for hydroxylation is 1.